The minimum Gasteiger partial charge on any atom is -0.0149 e. The van der Waals surface area contributed by atoms with E-state index in [1.807, 2.05) is 0 Å². The van der Waals surface area contributed by atoms with E-state index >= 15 is 0 Å². The van der Waals surface area contributed by atoms with E-state index < -0.39 is 0 Å². The summed E-state index contributed by atoms with van der Waals surface area (Å²) in [6, 6.07) is 0. The molecule has 7 heteroatoms. The minimum absolute atomic E-state index is 0. The summed E-state index contributed by atoms with van der Waals surface area (Å²) in [5, 5.41) is 0. The van der Waals surface area contributed by atoms with Crippen LogP contribution in [0.5, 0.6) is 0 Å². The van der Waals surface area contributed by atoms with Crippen molar-refractivity contribution in [3.05, 3.63) is 0 Å². The molecule has 0 aliphatic carbocycles. The molecule has 0 N–H and O–H groups in total. The van der Waals surface area contributed by atoms with Crippen LogP contribution in [0.25, 0.3) is 0 Å². The number of hydrogen-bond acceptors (Lipinski definition) is 0. The summed E-state index contributed by atoms with van der Waals surface area (Å²) in [5.74, 6) is 0. The third-order valence-electron chi connectivity index (χ3n) is 0. The molecule has 0 fully saturated rings. The molecule has 0 unspecified atom stereocenters. The van der Waals surface area contributed by atoms with E-state index in [9.17, 15) is 0 Å². The van der Waals surface area contributed by atoms with Crippen LogP contribution in [0.4, 0.5) is 0 Å². The van der Waals surface area contributed by atoms with E-state index in [1.165, 1.54) is 0 Å². The second kappa shape index (κ2) is 54.0. The van der Waals surface area contributed by atoms with Gasteiger partial charge in [0.15, 0.2) is 17.4 Å². The maximum Gasteiger partial charge on any atom is 0.187 e. The van der Waals surface area contributed by atoms with Crippen LogP contribution >= 0.6 is 0 Å². The maximum atomic E-state index is 0. The average Bonchev–Trinajstić information content (AvgIpc) is 0. The molecule has 0 spiro atoms. The van der Waals surface area contributed by atoms with Crippen LogP contribution in [0.15, 0.2) is 0 Å². The first-order chi connectivity index (χ1) is 0. The van der Waals surface area contributed by atoms with Gasteiger partial charge in [-0.2, -0.15) is 0 Å². The Hall–Kier alpha value is 3.67. The SMILES string of the molecule is [AlH3].[Co].[Cu].[Ni].[SiH4].[Ti].[W]. The van der Waals surface area contributed by atoms with E-state index in [0.29, 0.717) is 0 Å². The Bertz CT molecular complexity index is 19.7. The van der Waals surface area contributed by atoms with Gasteiger partial charge in [-0.3, -0.25) is 0 Å². The smallest absolute Gasteiger partial charge is 0.0149 e. The van der Waals surface area contributed by atoms with Crippen LogP contribution < -0.4 is 0 Å². The fourth-order valence-electron chi connectivity index (χ4n) is 0. The molecule has 0 atom stereocenters. The summed E-state index contributed by atoms with van der Waals surface area (Å²) in [6.45, 7) is 0. The van der Waals surface area contributed by atoms with Gasteiger partial charge in [-0.05, 0) is 11.0 Å². The standard InChI is InChI=1S/Al.Co.Cu.Ni.H4Si.Ti.W.3H/h;;;;1H4;;;;;. The van der Waals surface area contributed by atoms with Crippen molar-refractivity contribution in [2.24, 2.45) is 0 Å². The maximum absolute atomic E-state index is 0. The molecule has 0 aromatic rings. The van der Waals surface area contributed by atoms with Gasteiger partial charge >= 0.3 is 0 Å². The zero-order valence-electron chi connectivity index (χ0n) is 1.86. The molecule has 54 valence electrons. The van der Waals surface area contributed by atoms with Crippen molar-refractivity contribution in [1.82, 2.24) is 0 Å². The fourth-order valence-corrected chi connectivity index (χ4v) is 0. The minimum atomic E-state index is 0. The molecule has 0 aliphatic rings. The number of rotatable bonds is 0. The monoisotopic (exact) mass is 474 g/mol. The van der Waals surface area contributed by atoms with E-state index in [1.54, 1.807) is 0 Å². The first kappa shape index (κ1) is 74.1. The molecule has 0 aliphatic heterocycles. The third-order valence-corrected chi connectivity index (χ3v) is 0. The Morgan fingerprint density at radius 3 is 1.00 bits per heavy atom. The predicted molar refractivity (Wildman–Crippen MR) is 21.3 cm³/mol. The molecule has 0 rings (SSSR count). The van der Waals surface area contributed by atoms with Gasteiger partial charge in [0.1, 0.15) is 0 Å². The predicted octanol–water partition coefficient (Wildman–Crippen LogP) is -2.65. The topological polar surface area (TPSA) is 0 Å². The average molecular weight is 475 g/mol. The second-order valence-electron chi connectivity index (χ2n) is 0. The second-order valence-corrected chi connectivity index (χ2v) is 0. The van der Waals surface area contributed by atoms with Gasteiger partial charge in [0.05, 0.1) is 0 Å². The van der Waals surface area contributed by atoms with E-state index in [-0.39, 0.29) is 121 Å². The van der Waals surface area contributed by atoms with E-state index in [4.69, 9.17) is 0 Å². The van der Waals surface area contributed by atoms with Crippen molar-refractivity contribution < 1.29 is 93.1 Å². The molecular weight excluding hydrogens is 468 g/mol. The van der Waals surface area contributed by atoms with Gasteiger partial charge in [0, 0.05) is 93.1 Å². The summed E-state index contributed by atoms with van der Waals surface area (Å²) in [7, 11) is 0. The summed E-state index contributed by atoms with van der Waals surface area (Å²) in [6.07, 6.45) is 0. The van der Waals surface area contributed by atoms with Crippen LogP contribution in [-0.4, -0.2) is 28.3 Å². The Balaban J connectivity index is 0. The molecule has 0 saturated carbocycles. The van der Waals surface area contributed by atoms with Gasteiger partial charge < -0.3 is 0 Å². The van der Waals surface area contributed by atoms with Crippen molar-refractivity contribution in [1.29, 1.82) is 0 Å². The Kier molecular flexibility index (Phi) is 571. The molecule has 2 radical (unpaired) electrons. The van der Waals surface area contributed by atoms with E-state index in [0.717, 1.165) is 0 Å². The normalized spacial score (nSPS) is 0. The molecule has 0 heterocycles. The van der Waals surface area contributed by atoms with Crippen molar-refractivity contribution >= 4 is 28.3 Å². The van der Waals surface area contributed by atoms with Crippen LogP contribution in [0, 0.1) is 0 Å². The van der Waals surface area contributed by atoms with Crippen molar-refractivity contribution in [3.63, 3.8) is 0 Å². The fraction of sp³-hybridized carbons (Fsp3) is 0. The summed E-state index contributed by atoms with van der Waals surface area (Å²) >= 11 is 0. The quantitative estimate of drug-likeness (QED) is 0.337. The third kappa shape index (κ3) is 42.2. The summed E-state index contributed by atoms with van der Waals surface area (Å²) < 4.78 is 0. The Labute approximate surface area is 119 Å². The van der Waals surface area contributed by atoms with Gasteiger partial charge in [0.25, 0.3) is 0 Å². The molecule has 0 aromatic carbocycles. The Morgan fingerprint density at radius 1 is 1.00 bits per heavy atom. The van der Waals surface area contributed by atoms with Crippen LogP contribution in [0.3, 0.4) is 0 Å². The zero-order valence-corrected chi connectivity index (χ0v) is 9.32. The molecule has 7 heavy (non-hydrogen) atoms. The molecule has 0 amide bonds. The van der Waals surface area contributed by atoms with Crippen molar-refractivity contribution in [3.8, 4) is 0 Å². The first-order valence-electron chi connectivity index (χ1n) is 0. The van der Waals surface area contributed by atoms with Crippen LogP contribution in [0.2, 0.25) is 0 Å². The molecule has 0 nitrogen and oxygen atoms in total. The molecule has 0 saturated heterocycles. The van der Waals surface area contributed by atoms with Crippen LogP contribution in [-0.2, 0) is 93.1 Å². The largest absolute Gasteiger partial charge is 0.187 e. The first-order valence-corrected chi connectivity index (χ1v) is 0. The molecule has 0 aromatic heterocycles. The van der Waals surface area contributed by atoms with E-state index in [2.05, 4.69) is 0 Å². The molecular formula is H7AlCoCuNiSiTiW. The number of hydrogen-bond donors (Lipinski definition) is 0. The van der Waals surface area contributed by atoms with Gasteiger partial charge in [-0.25, -0.2) is 0 Å². The van der Waals surface area contributed by atoms with Gasteiger partial charge in [-0.1, -0.05) is 0 Å². The van der Waals surface area contributed by atoms with Crippen molar-refractivity contribution in [2.75, 3.05) is 0 Å². The summed E-state index contributed by atoms with van der Waals surface area (Å²) in [4.78, 5) is 0. The Morgan fingerprint density at radius 2 is 1.00 bits per heavy atom. The van der Waals surface area contributed by atoms with Gasteiger partial charge in [0.2, 0.25) is 0 Å². The zero-order chi connectivity index (χ0) is 0. The van der Waals surface area contributed by atoms with Crippen molar-refractivity contribution in [2.45, 2.75) is 0 Å². The van der Waals surface area contributed by atoms with Crippen LogP contribution in [0.1, 0.15) is 0 Å². The van der Waals surface area contributed by atoms with Gasteiger partial charge in [-0.15, -0.1) is 0 Å². The molecule has 0 bridgehead atoms. The summed E-state index contributed by atoms with van der Waals surface area (Å²) in [5.41, 5.74) is 0.